The lowest BCUT2D eigenvalue weighted by molar-refractivity contribution is -0.249. The highest BCUT2D eigenvalue weighted by Crippen LogP contribution is 2.52. The number of phenols is 2. The average molecular weight is 650 g/mol. The fourth-order valence-electron chi connectivity index (χ4n) is 7.44. The maximum Gasteiger partial charge on any atom is 0.202 e. The van der Waals surface area contributed by atoms with Gasteiger partial charge in [-0.2, -0.15) is 0 Å². The van der Waals surface area contributed by atoms with Crippen LogP contribution in [0.1, 0.15) is 102 Å². The number of allylic oxidation sites excluding steroid dienone is 2. The van der Waals surface area contributed by atoms with E-state index in [4.69, 9.17) is 14.2 Å². The number of hydrogen-bond donors (Lipinski definition) is 5. The maximum absolute atomic E-state index is 13.9. The number of ketones is 4. The number of aromatic hydroxyl groups is 2. The zero-order valence-electron chi connectivity index (χ0n) is 26.9. The van der Waals surface area contributed by atoms with Gasteiger partial charge < -0.3 is 40.0 Å². The molecule has 0 saturated carbocycles. The lowest BCUT2D eigenvalue weighted by atomic mass is 9.72. The highest BCUT2D eigenvalue weighted by atomic mass is 16.7. The molecule has 47 heavy (non-hydrogen) atoms. The number of benzene rings is 2. The van der Waals surface area contributed by atoms with Gasteiger partial charge in [0.1, 0.15) is 29.0 Å². The normalized spacial score (nSPS) is 29.7. The molecule has 12 heteroatoms. The molecule has 6 unspecified atom stereocenters. The molecule has 3 aliphatic carbocycles. The Bertz CT molecular complexity index is 1740. The van der Waals surface area contributed by atoms with Crippen molar-refractivity contribution < 1.29 is 53.8 Å². The van der Waals surface area contributed by atoms with Crippen LogP contribution in [-0.4, -0.2) is 80.8 Å². The lowest BCUT2D eigenvalue weighted by Crippen LogP contribution is -2.54. The number of phenolic OH excluding ortho intramolecular Hbond substituents is 2. The van der Waals surface area contributed by atoms with Gasteiger partial charge in [-0.25, -0.2) is 0 Å². The second-order valence-corrected chi connectivity index (χ2v) is 13.9. The standard InChI is InChI=1S/C35H39NO11/c1-15-29(39)21(36-17-9-18(38)12-34(3,4)11-17)10-24(46-15)47-23-14-35(44,16(2)37)13-20-26(23)33(43)28-27(31(20)41)30(40)19-7-6-8-22(45-5)25(19)32(28)42/h6-9,15,21,23-24,29,36,39,41,43-44H,10-14H2,1-5H3. The molecule has 0 bridgehead atoms. The fraction of sp³-hybridized carbons (Fsp3) is 0.486. The van der Waals surface area contributed by atoms with Crippen molar-refractivity contribution in [3.63, 3.8) is 0 Å². The molecule has 1 saturated heterocycles. The first kappa shape index (κ1) is 32.8. The number of aliphatic hydroxyl groups excluding tert-OH is 1. The van der Waals surface area contributed by atoms with E-state index in [1.54, 1.807) is 6.92 Å². The Balaban J connectivity index is 1.39. The van der Waals surface area contributed by atoms with Crippen LogP contribution in [0.25, 0.3) is 0 Å². The van der Waals surface area contributed by atoms with Gasteiger partial charge in [0.25, 0.3) is 0 Å². The van der Waals surface area contributed by atoms with Gasteiger partial charge in [0, 0.05) is 54.1 Å². The van der Waals surface area contributed by atoms with Crippen molar-refractivity contribution in [2.24, 2.45) is 5.41 Å². The second-order valence-electron chi connectivity index (χ2n) is 13.9. The van der Waals surface area contributed by atoms with Crippen molar-refractivity contribution in [3.8, 4) is 17.2 Å². The van der Waals surface area contributed by atoms with Gasteiger partial charge in [-0.15, -0.1) is 0 Å². The molecular formula is C35H39NO11. The number of methoxy groups -OCH3 is 1. The minimum absolute atomic E-state index is 0.0261. The summed E-state index contributed by atoms with van der Waals surface area (Å²) in [7, 11) is 1.34. The molecule has 12 nitrogen and oxygen atoms in total. The van der Waals surface area contributed by atoms with Crippen molar-refractivity contribution in [2.45, 2.75) is 96.0 Å². The first-order valence-electron chi connectivity index (χ1n) is 15.6. The molecule has 1 fully saturated rings. The molecular weight excluding hydrogens is 610 g/mol. The number of rotatable bonds is 6. The molecule has 6 atom stereocenters. The molecule has 1 heterocycles. The fourth-order valence-corrected chi connectivity index (χ4v) is 7.44. The summed E-state index contributed by atoms with van der Waals surface area (Å²) in [5, 5.41) is 49.0. The number of nitrogens with one attached hydrogen (secondary N) is 1. The van der Waals surface area contributed by atoms with Gasteiger partial charge in [-0.3, -0.25) is 19.2 Å². The van der Waals surface area contributed by atoms with Crippen molar-refractivity contribution >= 4 is 23.1 Å². The number of aliphatic hydroxyl groups is 2. The van der Waals surface area contributed by atoms with Crippen molar-refractivity contribution in [2.75, 3.05) is 7.11 Å². The third kappa shape index (κ3) is 5.52. The Hall–Kier alpha value is -4.10. The van der Waals surface area contributed by atoms with E-state index < -0.39 is 82.6 Å². The predicted molar refractivity (Wildman–Crippen MR) is 165 cm³/mol. The molecule has 2 aromatic carbocycles. The van der Waals surface area contributed by atoms with E-state index in [1.165, 1.54) is 38.3 Å². The van der Waals surface area contributed by atoms with Gasteiger partial charge in [0.05, 0.1) is 42.0 Å². The smallest absolute Gasteiger partial charge is 0.202 e. The number of ether oxygens (including phenoxy) is 3. The zero-order chi connectivity index (χ0) is 34.2. The average Bonchev–Trinajstić information content (AvgIpc) is 2.98. The quantitative estimate of drug-likeness (QED) is 0.246. The topological polar surface area (TPSA) is 189 Å². The molecule has 1 aliphatic heterocycles. The number of carbonyl (C=O) groups excluding carboxylic acids is 4. The van der Waals surface area contributed by atoms with Crippen LogP contribution in [-0.2, 0) is 25.5 Å². The van der Waals surface area contributed by atoms with Crippen LogP contribution in [0.3, 0.4) is 0 Å². The van der Waals surface area contributed by atoms with E-state index in [-0.39, 0.29) is 52.0 Å². The van der Waals surface area contributed by atoms with Crippen LogP contribution in [0.2, 0.25) is 0 Å². The summed E-state index contributed by atoms with van der Waals surface area (Å²) in [4.78, 5) is 52.7. The molecule has 0 radical (unpaired) electrons. The highest BCUT2D eigenvalue weighted by molar-refractivity contribution is 6.31. The third-order valence-corrected chi connectivity index (χ3v) is 9.78. The van der Waals surface area contributed by atoms with Crippen LogP contribution in [0.5, 0.6) is 17.2 Å². The maximum atomic E-state index is 13.9. The van der Waals surface area contributed by atoms with Crippen LogP contribution in [0, 0.1) is 5.41 Å². The Labute approximate surface area is 271 Å². The molecule has 6 rings (SSSR count). The van der Waals surface area contributed by atoms with E-state index in [2.05, 4.69) is 5.32 Å². The van der Waals surface area contributed by atoms with Gasteiger partial charge >= 0.3 is 0 Å². The van der Waals surface area contributed by atoms with Crippen molar-refractivity contribution in [1.82, 2.24) is 5.32 Å². The third-order valence-electron chi connectivity index (χ3n) is 9.78. The Morgan fingerprint density at radius 3 is 2.38 bits per heavy atom. The van der Waals surface area contributed by atoms with E-state index in [0.29, 0.717) is 18.5 Å². The SMILES string of the molecule is COc1cccc2c1C(=O)c1c(O)c3c(c(O)c1C2=O)CC(O)(C(C)=O)CC3OC1CC(NC2=CC(=O)CC(C)(C)C2)C(O)C(C)O1. The van der Waals surface area contributed by atoms with Gasteiger partial charge in [-0.1, -0.05) is 26.0 Å². The predicted octanol–water partition coefficient (Wildman–Crippen LogP) is 2.93. The zero-order valence-corrected chi connectivity index (χ0v) is 26.9. The number of carbonyl (C=O) groups is 4. The Morgan fingerprint density at radius 1 is 1.02 bits per heavy atom. The van der Waals surface area contributed by atoms with Gasteiger partial charge in [0.15, 0.2) is 23.6 Å². The minimum Gasteiger partial charge on any atom is -0.507 e. The van der Waals surface area contributed by atoms with Crippen LogP contribution >= 0.6 is 0 Å². The van der Waals surface area contributed by atoms with Gasteiger partial charge in [0.2, 0.25) is 5.78 Å². The molecule has 0 amide bonds. The van der Waals surface area contributed by atoms with Crippen LogP contribution in [0.15, 0.2) is 30.0 Å². The lowest BCUT2D eigenvalue weighted by Gasteiger charge is -2.43. The number of Topliss-reactive ketones (excluding diaryl/α,β-unsaturated/α-hetero) is 1. The first-order chi connectivity index (χ1) is 22.0. The molecule has 2 aromatic rings. The highest BCUT2D eigenvalue weighted by Gasteiger charge is 2.49. The summed E-state index contributed by atoms with van der Waals surface area (Å²) < 4.78 is 17.6. The molecule has 0 spiro atoms. The summed E-state index contributed by atoms with van der Waals surface area (Å²) in [5.41, 5.74) is -2.77. The summed E-state index contributed by atoms with van der Waals surface area (Å²) in [6, 6.07) is 3.83. The number of hydrogen-bond acceptors (Lipinski definition) is 12. The summed E-state index contributed by atoms with van der Waals surface area (Å²) in [6.45, 7) is 6.80. The minimum atomic E-state index is -2.05. The summed E-state index contributed by atoms with van der Waals surface area (Å²) in [6.07, 6.45) is -2.27. The molecule has 0 aromatic heterocycles. The van der Waals surface area contributed by atoms with Crippen molar-refractivity contribution in [1.29, 1.82) is 0 Å². The second kappa shape index (κ2) is 11.6. The largest absolute Gasteiger partial charge is 0.507 e. The van der Waals surface area contributed by atoms with E-state index in [0.717, 1.165) is 0 Å². The monoisotopic (exact) mass is 649 g/mol. The van der Waals surface area contributed by atoms with Crippen molar-refractivity contribution in [3.05, 3.63) is 63.4 Å². The van der Waals surface area contributed by atoms with E-state index in [1.807, 2.05) is 13.8 Å². The number of fused-ring (bicyclic) bond motifs is 3. The first-order valence-corrected chi connectivity index (χ1v) is 15.6. The molecule has 5 N–H and O–H groups in total. The summed E-state index contributed by atoms with van der Waals surface area (Å²) in [5.74, 6) is -3.29. The Kier molecular flexibility index (Phi) is 8.07. The van der Waals surface area contributed by atoms with Crippen LogP contribution in [0.4, 0.5) is 0 Å². The molecule has 4 aliphatic rings. The van der Waals surface area contributed by atoms with E-state index >= 15 is 0 Å². The molecule has 250 valence electrons. The summed E-state index contributed by atoms with van der Waals surface area (Å²) >= 11 is 0. The van der Waals surface area contributed by atoms with Crippen LogP contribution < -0.4 is 10.1 Å². The van der Waals surface area contributed by atoms with E-state index in [9.17, 15) is 39.6 Å². The Morgan fingerprint density at radius 2 is 1.72 bits per heavy atom. The van der Waals surface area contributed by atoms with Gasteiger partial charge in [-0.05, 0) is 31.7 Å².